The van der Waals surface area contributed by atoms with Crippen molar-refractivity contribution in [1.29, 1.82) is 0 Å². The summed E-state index contributed by atoms with van der Waals surface area (Å²) < 4.78 is 10.2. The van der Waals surface area contributed by atoms with Crippen molar-refractivity contribution >= 4 is 5.91 Å². The van der Waals surface area contributed by atoms with Gasteiger partial charge in [0.05, 0.1) is 12.6 Å². The Balaban J connectivity index is 2.63. The molecule has 0 radical (unpaired) electrons. The molecule has 6 heteroatoms. The normalized spacial score (nSPS) is 36.3. The summed E-state index contributed by atoms with van der Waals surface area (Å²) in [6.45, 7) is 1.06. The molecule has 1 fully saturated rings. The molecule has 0 aromatic carbocycles. The summed E-state index contributed by atoms with van der Waals surface area (Å²) >= 11 is 0. The van der Waals surface area contributed by atoms with Crippen molar-refractivity contribution in [3.05, 3.63) is 0 Å². The van der Waals surface area contributed by atoms with Crippen LogP contribution in [0.3, 0.4) is 0 Å². The molecule has 0 bridgehead atoms. The minimum atomic E-state index is -0.912. The number of hydrogen-bond donors (Lipinski definition) is 3. The second-order valence-corrected chi connectivity index (χ2v) is 3.56. The van der Waals surface area contributed by atoms with E-state index in [2.05, 4.69) is 5.32 Å². The monoisotopic (exact) mass is 219 g/mol. The van der Waals surface area contributed by atoms with Crippen molar-refractivity contribution < 1.29 is 24.5 Å². The molecule has 1 rings (SSSR count). The second-order valence-electron chi connectivity index (χ2n) is 3.56. The molecule has 0 unspecified atom stereocenters. The first-order valence-corrected chi connectivity index (χ1v) is 4.82. The van der Waals surface area contributed by atoms with Gasteiger partial charge in [0.2, 0.25) is 5.91 Å². The molecule has 1 amide bonds. The van der Waals surface area contributed by atoms with Crippen LogP contribution in [-0.2, 0) is 14.3 Å². The molecule has 1 heterocycles. The van der Waals surface area contributed by atoms with E-state index in [0.29, 0.717) is 6.42 Å². The van der Waals surface area contributed by atoms with Crippen molar-refractivity contribution in [3.63, 3.8) is 0 Å². The number of hydrogen-bond acceptors (Lipinski definition) is 5. The highest BCUT2D eigenvalue weighted by Crippen LogP contribution is 2.20. The summed E-state index contributed by atoms with van der Waals surface area (Å²) in [5, 5.41) is 21.3. The van der Waals surface area contributed by atoms with Gasteiger partial charge in [0.15, 0.2) is 6.29 Å². The van der Waals surface area contributed by atoms with Gasteiger partial charge in [0.1, 0.15) is 12.2 Å². The third-order valence-electron chi connectivity index (χ3n) is 2.40. The molecule has 0 saturated carbocycles. The van der Waals surface area contributed by atoms with Gasteiger partial charge in [-0.1, -0.05) is 0 Å². The van der Waals surface area contributed by atoms with Crippen molar-refractivity contribution in [3.8, 4) is 0 Å². The zero-order chi connectivity index (χ0) is 11.4. The fourth-order valence-corrected chi connectivity index (χ4v) is 1.65. The first kappa shape index (κ1) is 12.4. The molecule has 0 aromatic heterocycles. The summed E-state index contributed by atoms with van der Waals surface area (Å²) in [5.41, 5.74) is 0. The Morgan fingerprint density at radius 3 is 2.80 bits per heavy atom. The molecule has 4 atom stereocenters. The van der Waals surface area contributed by atoms with Crippen LogP contribution in [0.2, 0.25) is 0 Å². The lowest BCUT2D eigenvalue weighted by Crippen LogP contribution is -2.56. The molecular weight excluding hydrogens is 202 g/mol. The van der Waals surface area contributed by atoms with Crippen LogP contribution in [-0.4, -0.2) is 54.4 Å². The zero-order valence-electron chi connectivity index (χ0n) is 8.84. The minimum absolute atomic E-state index is 0.229. The highest BCUT2D eigenvalue weighted by Gasteiger charge is 2.37. The van der Waals surface area contributed by atoms with Gasteiger partial charge in [-0.05, 0) is 0 Å². The van der Waals surface area contributed by atoms with Gasteiger partial charge in [-0.15, -0.1) is 0 Å². The van der Waals surface area contributed by atoms with Crippen LogP contribution < -0.4 is 5.32 Å². The molecule has 6 nitrogen and oxygen atoms in total. The van der Waals surface area contributed by atoms with E-state index in [0.717, 1.165) is 0 Å². The van der Waals surface area contributed by atoms with Crippen LogP contribution in [0.15, 0.2) is 0 Å². The van der Waals surface area contributed by atoms with Crippen LogP contribution in [0.25, 0.3) is 0 Å². The van der Waals surface area contributed by atoms with Gasteiger partial charge in [-0.3, -0.25) is 4.79 Å². The molecule has 1 saturated heterocycles. The molecular formula is C9H17NO5. The van der Waals surface area contributed by atoms with Gasteiger partial charge in [0.25, 0.3) is 0 Å². The van der Waals surface area contributed by atoms with Gasteiger partial charge in [0, 0.05) is 20.5 Å². The van der Waals surface area contributed by atoms with E-state index >= 15 is 0 Å². The Hall–Kier alpha value is -0.690. The van der Waals surface area contributed by atoms with Crippen LogP contribution >= 0.6 is 0 Å². The van der Waals surface area contributed by atoms with E-state index in [9.17, 15) is 9.90 Å². The van der Waals surface area contributed by atoms with Crippen LogP contribution in [0.5, 0.6) is 0 Å². The highest BCUT2D eigenvalue weighted by molar-refractivity contribution is 5.73. The average Bonchev–Trinajstić information content (AvgIpc) is 2.20. The Morgan fingerprint density at radius 2 is 2.33 bits per heavy atom. The van der Waals surface area contributed by atoms with Crippen LogP contribution in [0.1, 0.15) is 13.3 Å². The Kier molecular flexibility index (Phi) is 4.46. The summed E-state index contributed by atoms with van der Waals surface area (Å²) in [7, 11) is 1.47. The number of nitrogens with one attached hydrogen (secondary N) is 1. The third-order valence-corrected chi connectivity index (χ3v) is 2.40. The second kappa shape index (κ2) is 5.41. The van der Waals surface area contributed by atoms with E-state index in [1.165, 1.54) is 14.0 Å². The van der Waals surface area contributed by atoms with E-state index in [1.54, 1.807) is 0 Å². The first-order valence-electron chi connectivity index (χ1n) is 4.82. The fraction of sp³-hybridized carbons (Fsp3) is 0.889. The SMILES string of the molecule is CO[C@H]1C[C@H](NC(C)=O)[C@H](O)[C@@H](CO)O1. The zero-order valence-corrected chi connectivity index (χ0v) is 8.84. The quantitative estimate of drug-likeness (QED) is 0.543. The lowest BCUT2D eigenvalue weighted by molar-refractivity contribution is -0.227. The standard InChI is InChI=1S/C9H17NO5/c1-5(12)10-6-3-8(14-2)15-7(4-11)9(6)13/h6-9,11,13H,3-4H2,1-2H3,(H,10,12)/t6-,7+,8+,9-/m0/s1. The topological polar surface area (TPSA) is 88.0 Å². The predicted octanol–water partition coefficient (Wildman–Crippen LogP) is -1.39. The number of carbonyl (C=O) groups is 1. The predicted molar refractivity (Wildman–Crippen MR) is 51.0 cm³/mol. The molecule has 1 aliphatic heterocycles. The molecule has 88 valence electrons. The fourth-order valence-electron chi connectivity index (χ4n) is 1.65. The van der Waals surface area contributed by atoms with Crippen molar-refractivity contribution in [2.24, 2.45) is 0 Å². The Labute approximate surface area is 88.2 Å². The molecule has 0 spiro atoms. The van der Waals surface area contributed by atoms with E-state index in [1.807, 2.05) is 0 Å². The molecule has 15 heavy (non-hydrogen) atoms. The number of aliphatic hydroxyl groups excluding tert-OH is 2. The lowest BCUT2D eigenvalue weighted by Gasteiger charge is -2.38. The maximum Gasteiger partial charge on any atom is 0.217 e. The molecule has 0 aromatic rings. The van der Waals surface area contributed by atoms with E-state index < -0.39 is 24.5 Å². The number of carbonyl (C=O) groups excluding carboxylic acids is 1. The lowest BCUT2D eigenvalue weighted by atomic mass is 9.99. The maximum atomic E-state index is 10.9. The Morgan fingerprint density at radius 1 is 1.67 bits per heavy atom. The van der Waals surface area contributed by atoms with Gasteiger partial charge >= 0.3 is 0 Å². The molecule has 3 N–H and O–H groups in total. The average molecular weight is 219 g/mol. The largest absolute Gasteiger partial charge is 0.394 e. The maximum absolute atomic E-state index is 10.9. The van der Waals surface area contributed by atoms with Gasteiger partial charge in [-0.2, -0.15) is 0 Å². The van der Waals surface area contributed by atoms with Gasteiger partial charge < -0.3 is 25.0 Å². The van der Waals surface area contributed by atoms with E-state index in [-0.39, 0.29) is 12.5 Å². The summed E-state index contributed by atoms with van der Waals surface area (Å²) in [6.07, 6.45) is -1.78. The number of ether oxygens (including phenoxy) is 2. The number of aliphatic hydroxyl groups is 2. The van der Waals surface area contributed by atoms with Crippen LogP contribution in [0.4, 0.5) is 0 Å². The number of methoxy groups -OCH3 is 1. The minimum Gasteiger partial charge on any atom is -0.394 e. The third kappa shape index (κ3) is 3.13. The molecule has 0 aliphatic carbocycles. The van der Waals surface area contributed by atoms with E-state index in [4.69, 9.17) is 14.6 Å². The van der Waals surface area contributed by atoms with Crippen LogP contribution in [0, 0.1) is 0 Å². The summed E-state index contributed by atoms with van der Waals surface area (Å²) in [6, 6.07) is -0.446. The molecule has 1 aliphatic rings. The number of rotatable bonds is 3. The Bertz CT molecular complexity index is 223. The summed E-state index contributed by atoms with van der Waals surface area (Å²) in [5.74, 6) is -0.229. The van der Waals surface area contributed by atoms with Gasteiger partial charge in [-0.25, -0.2) is 0 Å². The number of amides is 1. The summed E-state index contributed by atoms with van der Waals surface area (Å²) in [4.78, 5) is 10.9. The van der Waals surface area contributed by atoms with Crippen molar-refractivity contribution in [2.75, 3.05) is 13.7 Å². The van der Waals surface area contributed by atoms with Crippen molar-refractivity contribution in [1.82, 2.24) is 5.32 Å². The smallest absolute Gasteiger partial charge is 0.217 e. The van der Waals surface area contributed by atoms with Crippen molar-refractivity contribution in [2.45, 2.75) is 37.9 Å². The first-order chi connectivity index (χ1) is 7.08. The highest BCUT2D eigenvalue weighted by atomic mass is 16.7.